The lowest BCUT2D eigenvalue weighted by Crippen LogP contribution is -1.95. The molecule has 0 aliphatic carbocycles. The first-order valence-electron chi connectivity index (χ1n) is 16.5. The fourth-order valence-electron chi connectivity index (χ4n) is 6.61. The van der Waals surface area contributed by atoms with Gasteiger partial charge in [0.2, 0.25) is 0 Å². The lowest BCUT2D eigenvalue weighted by Gasteiger charge is -2.07. The van der Waals surface area contributed by atoms with E-state index in [0.29, 0.717) is 45.4 Å². The molecule has 0 radical (unpaired) electrons. The molecule has 9 heterocycles. The minimum Gasteiger partial charge on any atom is -0.352 e. The molecule has 2 aliphatic rings. The molecule has 9 rings (SSSR count). The quantitative estimate of drug-likeness (QED) is 0.182. The number of fused-ring (bicyclic) bond motifs is 8. The van der Waals surface area contributed by atoms with Gasteiger partial charge in [-0.3, -0.25) is 19.9 Å². The molecule has 56 heavy (non-hydrogen) atoms. The predicted molar refractivity (Wildman–Crippen MR) is 254 cm³/mol. The summed E-state index contributed by atoms with van der Waals surface area (Å²) >= 11 is 31.7. The Kier molecular flexibility index (Phi) is 10.8. The fraction of sp³-hybridized carbons (Fsp3) is 0. The molecule has 16 heteroatoms. The number of nitrogens with zero attached hydrogens (tertiary/aromatic N) is 6. The van der Waals surface area contributed by atoms with Crippen LogP contribution in [0.5, 0.6) is 0 Å². The van der Waals surface area contributed by atoms with E-state index in [1.807, 2.05) is 72.8 Å². The maximum atomic E-state index is 5.42. The third kappa shape index (κ3) is 6.42. The summed E-state index contributed by atoms with van der Waals surface area (Å²) in [5.41, 5.74) is 11.3. The van der Waals surface area contributed by atoms with Crippen LogP contribution in [0.3, 0.4) is 0 Å². The Hall–Kier alpha value is -2.96. The molecule has 0 atom stereocenters. The largest absolute Gasteiger partial charge is 0.352 e. The molecule has 0 amide bonds. The van der Waals surface area contributed by atoms with Gasteiger partial charge in [-0.15, -0.1) is 0 Å². The van der Waals surface area contributed by atoms with Gasteiger partial charge in [0.1, 0.15) is 0 Å². The maximum Gasteiger partial charge on any atom is 0.0908 e. The minimum absolute atomic E-state index is 0.622. The SMILES string of the molecule is BrC1=C(Br)c2nc1c(-c1ccccn1)c1nc(c(-c3ccccn3)c3[nH]c(c(Br)c3Br)c(-c3ccccn3)c3[nH]c(c(Br)c3Br)c2-c2ccccn2)C(Br)=C1Br. The summed E-state index contributed by atoms with van der Waals surface area (Å²) < 4.78 is 5.97. The molecule has 0 spiro atoms. The number of hydrogen-bond acceptors (Lipinski definition) is 6. The molecule has 0 saturated carbocycles. The van der Waals surface area contributed by atoms with E-state index in [1.165, 1.54) is 0 Å². The highest BCUT2D eigenvalue weighted by Crippen LogP contribution is 2.52. The van der Waals surface area contributed by atoms with Crippen molar-refractivity contribution in [3.05, 3.63) is 138 Å². The third-order valence-corrected chi connectivity index (χ3v) is 17.4. The standard InChI is InChI=1S/C40H18Br8N8/c41-25-27(43)35-22(18-10-2-6-14-50-18)37-29(45)31(47)39(55-37)24(20-12-4-8-16-52-20)40-32(48)30(46)38(56-40)23(19-11-3-7-15-51-19)36-28(44)26(42)34(54-36)21(33(25)53-35)17-9-1-5-13-49-17/h1-16,53-54H. The second-order valence-electron chi connectivity index (χ2n) is 12.2. The Morgan fingerprint density at radius 1 is 0.321 bits per heavy atom. The number of nitrogens with one attached hydrogen (secondary N) is 2. The molecular formula is C40H18Br8N8. The number of halogens is 8. The molecule has 2 N–H and O–H groups in total. The molecule has 8 nitrogen and oxygen atoms in total. The maximum absolute atomic E-state index is 5.42. The van der Waals surface area contributed by atoms with E-state index in [4.69, 9.17) is 29.9 Å². The summed E-state index contributed by atoms with van der Waals surface area (Å²) in [6, 6.07) is 23.3. The van der Waals surface area contributed by atoms with Gasteiger partial charge in [0.25, 0.3) is 0 Å². The van der Waals surface area contributed by atoms with E-state index >= 15 is 0 Å². The summed E-state index contributed by atoms with van der Waals surface area (Å²) in [5.74, 6) is 0. The van der Waals surface area contributed by atoms with Crippen LogP contribution < -0.4 is 0 Å². The van der Waals surface area contributed by atoms with Crippen molar-refractivity contribution in [2.24, 2.45) is 0 Å². The molecule has 0 fully saturated rings. The van der Waals surface area contributed by atoms with E-state index in [1.54, 1.807) is 24.8 Å². The van der Waals surface area contributed by atoms with Crippen LogP contribution in [0.25, 0.3) is 85.0 Å². The second-order valence-corrected chi connectivity index (χ2v) is 18.6. The van der Waals surface area contributed by atoms with Crippen molar-refractivity contribution in [1.29, 1.82) is 0 Å². The number of hydrogen-bond donors (Lipinski definition) is 2. The number of aromatic nitrogens is 8. The summed E-state index contributed by atoms with van der Waals surface area (Å²) in [6.45, 7) is 0. The van der Waals surface area contributed by atoms with Crippen LogP contribution in [0.2, 0.25) is 0 Å². The Labute approximate surface area is 386 Å². The normalized spacial score (nSPS) is 12.9. The highest BCUT2D eigenvalue weighted by atomic mass is 79.9. The van der Waals surface area contributed by atoms with Gasteiger partial charge in [0.15, 0.2) is 0 Å². The van der Waals surface area contributed by atoms with Crippen molar-refractivity contribution >= 4 is 167 Å². The summed E-state index contributed by atoms with van der Waals surface area (Å²) in [5, 5.41) is 0. The van der Waals surface area contributed by atoms with Crippen LogP contribution in [-0.2, 0) is 0 Å². The molecule has 2 aliphatic heterocycles. The van der Waals surface area contributed by atoms with E-state index in [0.717, 1.165) is 80.3 Å². The van der Waals surface area contributed by atoms with E-state index in [9.17, 15) is 0 Å². The van der Waals surface area contributed by atoms with Crippen LogP contribution in [-0.4, -0.2) is 39.9 Å². The zero-order valence-electron chi connectivity index (χ0n) is 27.9. The molecule has 0 aromatic carbocycles. The van der Waals surface area contributed by atoms with Gasteiger partial charge in [0, 0.05) is 30.4 Å². The number of rotatable bonds is 4. The summed E-state index contributed by atoms with van der Waals surface area (Å²) in [6.07, 6.45) is 7.08. The average Bonchev–Trinajstić information content (AvgIpc) is 3.89. The fourth-order valence-corrected chi connectivity index (χ4v) is 10.5. The Morgan fingerprint density at radius 3 is 0.893 bits per heavy atom. The second kappa shape index (κ2) is 15.7. The molecule has 0 saturated heterocycles. The van der Waals surface area contributed by atoms with Gasteiger partial charge in [0.05, 0.1) is 120 Å². The topological polar surface area (TPSA) is 109 Å². The molecule has 7 aromatic rings. The van der Waals surface area contributed by atoms with Gasteiger partial charge in [-0.2, -0.15) is 0 Å². The van der Waals surface area contributed by atoms with Gasteiger partial charge < -0.3 is 9.97 Å². The van der Waals surface area contributed by atoms with Gasteiger partial charge >= 0.3 is 0 Å². The number of aromatic amines is 2. The van der Waals surface area contributed by atoms with Gasteiger partial charge in [-0.1, -0.05) is 24.3 Å². The number of H-pyrrole nitrogens is 2. The molecular weight excluding hydrogens is 1230 g/mol. The lowest BCUT2D eigenvalue weighted by atomic mass is 10.1. The van der Waals surface area contributed by atoms with Crippen molar-refractivity contribution in [2.75, 3.05) is 0 Å². The average molecular weight is 1250 g/mol. The molecule has 0 unspecified atom stereocenters. The minimum atomic E-state index is 0.622. The lowest BCUT2D eigenvalue weighted by molar-refractivity contribution is 1.23. The predicted octanol–water partition coefficient (Wildman–Crippen LogP) is 14.8. The highest BCUT2D eigenvalue weighted by Gasteiger charge is 2.32. The Bertz CT molecular complexity index is 2820. The Balaban J connectivity index is 1.63. The smallest absolute Gasteiger partial charge is 0.0908 e. The van der Waals surface area contributed by atoms with Crippen molar-refractivity contribution < 1.29 is 0 Å². The van der Waals surface area contributed by atoms with Gasteiger partial charge in [-0.25, -0.2) is 9.97 Å². The van der Waals surface area contributed by atoms with Gasteiger partial charge in [-0.05, 0) is 176 Å². The molecule has 7 aromatic heterocycles. The first-order chi connectivity index (χ1) is 27.2. The number of pyridine rings is 4. The zero-order valence-corrected chi connectivity index (χ0v) is 40.6. The van der Waals surface area contributed by atoms with E-state index in [-0.39, 0.29) is 0 Å². The zero-order chi connectivity index (χ0) is 38.8. The first-order valence-corrected chi connectivity index (χ1v) is 22.8. The van der Waals surface area contributed by atoms with Crippen molar-refractivity contribution in [1.82, 2.24) is 39.9 Å². The van der Waals surface area contributed by atoms with Crippen molar-refractivity contribution in [2.45, 2.75) is 0 Å². The van der Waals surface area contributed by atoms with Crippen LogP contribution >= 0.6 is 127 Å². The molecule has 274 valence electrons. The van der Waals surface area contributed by atoms with Crippen LogP contribution in [0, 0.1) is 0 Å². The summed E-state index contributed by atoms with van der Waals surface area (Å²) in [4.78, 5) is 37.8. The van der Waals surface area contributed by atoms with Crippen molar-refractivity contribution in [3.63, 3.8) is 0 Å². The summed E-state index contributed by atoms with van der Waals surface area (Å²) in [7, 11) is 0. The third-order valence-electron chi connectivity index (χ3n) is 9.06. The monoisotopic (exact) mass is 1240 g/mol. The van der Waals surface area contributed by atoms with E-state index in [2.05, 4.69) is 137 Å². The van der Waals surface area contributed by atoms with Crippen LogP contribution in [0.4, 0.5) is 0 Å². The van der Waals surface area contributed by atoms with Crippen LogP contribution in [0.15, 0.2) is 115 Å². The van der Waals surface area contributed by atoms with Crippen molar-refractivity contribution in [3.8, 4) is 45.0 Å². The van der Waals surface area contributed by atoms with Crippen LogP contribution in [0.1, 0.15) is 22.8 Å². The Morgan fingerprint density at radius 2 is 0.589 bits per heavy atom. The van der Waals surface area contributed by atoms with E-state index < -0.39 is 0 Å². The molecule has 8 bridgehead atoms. The first kappa shape index (κ1) is 38.6. The highest BCUT2D eigenvalue weighted by molar-refractivity contribution is 9.18.